The Bertz CT molecular complexity index is 178. The number of rotatable bonds is 5. The highest BCUT2D eigenvalue weighted by Gasteiger charge is 2.29. The van der Waals surface area contributed by atoms with Gasteiger partial charge in [-0.1, -0.05) is 0 Å². The minimum Gasteiger partial charge on any atom is -0.415 e. The van der Waals surface area contributed by atoms with E-state index in [1.54, 1.807) is 0 Å². The molecule has 0 aliphatic heterocycles. The van der Waals surface area contributed by atoms with Gasteiger partial charge in [-0.25, -0.2) is 0 Å². The normalized spacial score (nSPS) is 14.6. The number of hydrogen-bond acceptors (Lipinski definition) is 2. The summed E-state index contributed by atoms with van der Waals surface area (Å²) in [6.45, 7) is 18.2. The van der Waals surface area contributed by atoms with Crippen LogP contribution in [-0.2, 0) is 8.85 Å². The molecule has 2 nitrogen and oxygen atoms in total. The lowest BCUT2D eigenvalue weighted by atomic mass is 10.2. The summed E-state index contributed by atoms with van der Waals surface area (Å²) >= 11 is 0. The molecule has 86 valence electrons. The summed E-state index contributed by atoms with van der Waals surface area (Å²) in [5, 5.41) is 0. The molecule has 0 N–H and O–H groups in total. The maximum atomic E-state index is 6.06. The summed E-state index contributed by atoms with van der Waals surface area (Å²) in [5.41, 5.74) is -0.134. The van der Waals surface area contributed by atoms with Crippen LogP contribution in [0, 0.1) is 0 Å². The van der Waals surface area contributed by atoms with E-state index in [4.69, 9.17) is 8.85 Å². The van der Waals surface area contributed by atoms with Crippen molar-refractivity contribution in [3.8, 4) is 0 Å². The predicted molar refractivity (Wildman–Crippen MR) is 67.8 cm³/mol. The zero-order chi connectivity index (χ0) is 11.6. The molecule has 14 heavy (non-hydrogen) atoms. The lowest BCUT2D eigenvalue weighted by Crippen LogP contribution is -2.44. The molecular formula is C10H26O2Si2. The number of hydrogen-bond donors (Lipinski definition) is 0. The van der Waals surface area contributed by atoms with Gasteiger partial charge in [0.1, 0.15) is 0 Å². The van der Waals surface area contributed by atoms with Crippen LogP contribution >= 0.6 is 0 Å². The Labute approximate surface area is 91.3 Å². The standard InChI is InChI=1S/C10H26O2Si2/c1-10(2,12-14(6,7)8)9-11-13(3,4)5/h9H2,1-8H3. The Morgan fingerprint density at radius 1 is 0.857 bits per heavy atom. The Balaban J connectivity index is 4.09. The van der Waals surface area contributed by atoms with E-state index >= 15 is 0 Å². The van der Waals surface area contributed by atoms with Gasteiger partial charge in [-0.15, -0.1) is 0 Å². The van der Waals surface area contributed by atoms with E-state index in [0.29, 0.717) is 6.61 Å². The smallest absolute Gasteiger partial charge is 0.184 e. The fourth-order valence-corrected chi connectivity index (χ4v) is 3.75. The van der Waals surface area contributed by atoms with Gasteiger partial charge in [0.2, 0.25) is 0 Å². The first-order valence-electron chi connectivity index (χ1n) is 5.25. The van der Waals surface area contributed by atoms with Gasteiger partial charge in [0.05, 0.1) is 12.2 Å². The molecule has 0 aromatic heterocycles. The highest BCUT2D eigenvalue weighted by molar-refractivity contribution is 6.70. The lowest BCUT2D eigenvalue weighted by Gasteiger charge is -2.35. The molecule has 0 aromatic rings. The van der Waals surface area contributed by atoms with Crippen molar-refractivity contribution < 1.29 is 8.85 Å². The molecule has 0 rings (SSSR count). The second-order valence-corrected chi connectivity index (χ2v) is 15.3. The van der Waals surface area contributed by atoms with Crippen molar-refractivity contribution in [1.29, 1.82) is 0 Å². The molecule has 0 bridgehead atoms. The van der Waals surface area contributed by atoms with E-state index in [1.807, 2.05) is 0 Å². The summed E-state index contributed by atoms with van der Waals surface area (Å²) in [7, 11) is -2.86. The third-order valence-corrected chi connectivity index (χ3v) is 3.61. The van der Waals surface area contributed by atoms with Crippen LogP contribution in [-0.4, -0.2) is 28.8 Å². The summed E-state index contributed by atoms with van der Waals surface area (Å²) < 4.78 is 11.9. The van der Waals surface area contributed by atoms with E-state index in [9.17, 15) is 0 Å². The van der Waals surface area contributed by atoms with Crippen LogP contribution < -0.4 is 0 Å². The molecule has 0 amide bonds. The van der Waals surface area contributed by atoms with Gasteiger partial charge in [0.15, 0.2) is 16.6 Å². The second-order valence-electron chi connectivity index (χ2n) is 6.38. The van der Waals surface area contributed by atoms with Gasteiger partial charge < -0.3 is 8.85 Å². The minimum atomic E-state index is -1.45. The van der Waals surface area contributed by atoms with E-state index in [2.05, 4.69) is 53.1 Å². The summed E-state index contributed by atoms with van der Waals surface area (Å²) in [6, 6.07) is 0. The predicted octanol–water partition coefficient (Wildman–Crippen LogP) is 3.47. The van der Waals surface area contributed by atoms with Gasteiger partial charge in [-0.05, 0) is 53.1 Å². The summed E-state index contributed by atoms with van der Waals surface area (Å²) in [4.78, 5) is 0. The van der Waals surface area contributed by atoms with Crippen molar-refractivity contribution in [2.75, 3.05) is 6.61 Å². The first-order chi connectivity index (χ1) is 5.91. The zero-order valence-electron chi connectivity index (χ0n) is 11.0. The Hall–Kier alpha value is 0.354. The lowest BCUT2D eigenvalue weighted by molar-refractivity contribution is 0.0422. The Morgan fingerprint density at radius 2 is 1.29 bits per heavy atom. The minimum absolute atomic E-state index is 0.134. The Morgan fingerprint density at radius 3 is 1.57 bits per heavy atom. The van der Waals surface area contributed by atoms with Crippen molar-refractivity contribution in [3.05, 3.63) is 0 Å². The molecule has 0 aliphatic rings. The largest absolute Gasteiger partial charge is 0.415 e. The third-order valence-electron chi connectivity index (χ3n) is 1.44. The Kier molecular flexibility index (Phi) is 4.58. The highest BCUT2D eigenvalue weighted by atomic mass is 28.4. The molecule has 0 unspecified atom stereocenters. The molecule has 0 atom stereocenters. The first kappa shape index (κ1) is 14.4. The van der Waals surface area contributed by atoms with Crippen LogP contribution in [0.15, 0.2) is 0 Å². The van der Waals surface area contributed by atoms with E-state index in [0.717, 1.165) is 0 Å². The zero-order valence-corrected chi connectivity index (χ0v) is 13.0. The average molecular weight is 234 g/mol. The maximum absolute atomic E-state index is 6.06. The second kappa shape index (κ2) is 4.47. The van der Waals surface area contributed by atoms with Crippen LogP contribution in [0.3, 0.4) is 0 Å². The van der Waals surface area contributed by atoms with Crippen LogP contribution in [0.2, 0.25) is 39.3 Å². The SMILES string of the molecule is CC(C)(CO[Si](C)(C)C)O[Si](C)(C)C. The van der Waals surface area contributed by atoms with Gasteiger partial charge in [0, 0.05) is 0 Å². The first-order valence-corrected chi connectivity index (χ1v) is 12.1. The fourth-order valence-electron chi connectivity index (χ4n) is 1.25. The molecule has 0 heterocycles. The third kappa shape index (κ3) is 8.93. The van der Waals surface area contributed by atoms with Crippen molar-refractivity contribution in [3.63, 3.8) is 0 Å². The quantitative estimate of drug-likeness (QED) is 0.678. The molecule has 0 fully saturated rings. The van der Waals surface area contributed by atoms with Gasteiger partial charge in [-0.2, -0.15) is 0 Å². The van der Waals surface area contributed by atoms with Crippen LogP contribution in [0.1, 0.15) is 13.8 Å². The van der Waals surface area contributed by atoms with Crippen molar-refractivity contribution in [2.24, 2.45) is 0 Å². The monoisotopic (exact) mass is 234 g/mol. The van der Waals surface area contributed by atoms with Gasteiger partial charge in [-0.3, -0.25) is 0 Å². The highest BCUT2D eigenvalue weighted by Crippen LogP contribution is 2.19. The van der Waals surface area contributed by atoms with Crippen LogP contribution in [0.5, 0.6) is 0 Å². The fraction of sp³-hybridized carbons (Fsp3) is 1.00. The van der Waals surface area contributed by atoms with E-state index in [-0.39, 0.29) is 5.60 Å². The van der Waals surface area contributed by atoms with Gasteiger partial charge >= 0.3 is 0 Å². The maximum Gasteiger partial charge on any atom is 0.184 e. The summed E-state index contributed by atoms with van der Waals surface area (Å²) in [6.07, 6.45) is 0. The average Bonchev–Trinajstić information content (AvgIpc) is 1.76. The topological polar surface area (TPSA) is 18.5 Å². The van der Waals surface area contributed by atoms with E-state index < -0.39 is 16.6 Å². The van der Waals surface area contributed by atoms with Crippen molar-refractivity contribution >= 4 is 16.6 Å². The summed E-state index contributed by atoms with van der Waals surface area (Å²) in [5.74, 6) is 0. The molecule has 0 spiro atoms. The molecule has 0 saturated carbocycles. The molecule has 0 saturated heterocycles. The van der Waals surface area contributed by atoms with Crippen LogP contribution in [0.4, 0.5) is 0 Å². The van der Waals surface area contributed by atoms with Crippen molar-refractivity contribution in [2.45, 2.75) is 58.7 Å². The van der Waals surface area contributed by atoms with Crippen LogP contribution in [0.25, 0.3) is 0 Å². The van der Waals surface area contributed by atoms with Gasteiger partial charge in [0.25, 0.3) is 0 Å². The molecule has 0 radical (unpaired) electrons. The molecule has 4 heteroatoms. The van der Waals surface area contributed by atoms with Crippen molar-refractivity contribution in [1.82, 2.24) is 0 Å². The molecule has 0 aromatic carbocycles. The molecule has 0 aliphatic carbocycles. The molecular weight excluding hydrogens is 208 g/mol. The van der Waals surface area contributed by atoms with E-state index in [1.165, 1.54) is 0 Å².